The number of hydrogen-bond acceptors (Lipinski definition) is 3. The van der Waals surface area contributed by atoms with E-state index in [1.54, 1.807) is 0 Å². The second-order valence-electron chi connectivity index (χ2n) is 4.44. The Morgan fingerprint density at radius 2 is 1.50 bits per heavy atom. The molecule has 3 nitrogen and oxygen atoms in total. The standard InChI is InChI=1S/C15H19N3/c1-16-15(12-14-6-10-18-11-7-14)3-2-13-4-8-17-9-5-13/h4-11,15-16H,2-3,12H2,1H3. The molecule has 0 radical (unpaired) electrons. The molecule has 2 aromatic heterocycles. The molecule has 2 aromatic rings. The van der Waals surface area contributed by atoms with Crippen LogP contribution in [0.15, 0.2) is 49.1 Å². The van der Waals surface area contributed by atoms with E-state index in [0.717, 1.165) is 19.3 Å². The van der Waals surface area contributed by atoms with Gasteiger partial charge in [0.2, 0.25) is 0 Å². The molecule has 0 aliphatic rings. The zero-order valence-electron chi connectivity index (χ0n) is 10.7. The quantitative estimate of drug-likeness (QED) is 0.843. The van der Waals surface area contributed by atoms with Crippen molar-refractivity contribution in [3.05, 3.63) is 60.2 Å². The maximum atomic E-state index is 4.04. The van der Waals surface area contributed by atoms with Crippen LogP contribution in [0.5, 0.6) is 0 Å². The van der Waals surface area contributed by atoms with E-state index in [9.17, 15) is 0 Å². The molecule has 0 bridgehead atoms. The van der Waals surface area contributed by atoms with Crippen molar-refractivity contribution in [3.63, 3.8) is 0 Å². The number of pyridine rings is 2. The van der Waals surface area contributed by atoms with Gasteiger partial charge in [-0.1, -0.05) is 0 Å². The highest BCUT2D eigenvalue weighted by atomic mass is 14.9. The minimum Gasteiger partial charge on any atom is -0.317 e. The highest BCUT2D eigenvalue weighted by Crippen LogP contribution is 2.08. The fourth-order valence-electron chi connectivity index (χ4n) is 2.04. The van der Waals surface area contributed by atoms with Crippen molar-refractivity contribution in [3.8, 4) is 0 Å². The summed E-state index contributed by atoms with van der Waals surface area (Å²) < 4.78 is 0. The molecule has 0 aromatic carbocycles. The minimum atomic E-state index is 0.501. The minimum absolute atomic E-state index is 0.501. The molecule has 18 heavy (non-hydrogen) atoms. The van der Waals surface area contributed by atoms with Gasteiger partial charge < -0.3 is 5.32 Å². The number of aromatic nitrogens is 2. The highest BCUT2D eigenvalue weighted by molar-refractivity contribution is 5.13. The van der Waals surface area contributed by atoms with Crippen LogP contribution in [0.1, 0.15) is 17.5 Å². The van der Waals surface area contributed by atoms with Crippen LogP contribution < -0.4 is 5.32 Å². The first-order valence-corrected chi connectivity index (χ1v) is 6.33. The van der Waals surface area contributed by atoms with Crippen LogP contribution in [0.2, 0.25) is 0 Å². The summed E-state index contributed by atoms with van der Waals surface area (Å²) in [4.78, 5) is 8.08. The predicted molar refractivity (Wildman–Crippen MR) is 73.3 cm³/mol. The first-order valence-electron chi connectivity index (χ1n) is 6.33. The molecule has 0 aliphatic carbocycles. The number of nitrogens with zero attached hydrogens (tertiary/aromatic N) is 2. The lowest BCUT2D eigenvalue weighted by atomic mass is 10.0. The summed E-state index contributed by atoms with van der Waals surface area (Å²) in [7, 11) is 2.03. The van der Waals surface area contributed by atoms with Crippen LogP contribution in [0.3, 0.4) is 0 Å². The summed E-state index contributed by atoms with van der Waals surface area (Å²) in [6.07, 6.45) is 10.7. The summed E-state index contributed by atoms with van der Waals surface area (Å²) in [6, 6.07) is 8.83. The monoisotopic (exact) mass is 241 g/mol. The number of rotatable bonds is 6. The maximum Gasteiger partial charge on any atom is 0.0270 e. The molecule has 1 N–H and O–H groups in total. The van der Waals surface area contributed by atoms with Gasteiger partial charge in [-0.25, -0.2) is 0 Å². The molecule has 1 atom stereocenters. The van der Waals surface area contributed by atoms with Crippen LogP contribution in [0.4, 0.5) is 0 Å². The first-order chi connectivity index (χ1) is 8.88. The van der Waals surface area contributed by atoms with Gasteiger partial charge in [0.05, 0.1) is 0 Å². The van der Waals surface area contributed by atoms with E-state index in [1.807, 2.05) is 31.8 Å². The fraction of sp³-hybridized carbons (Fsp3) is 0.333. The molecular formula is C15H19N3. The molecular weight excluding hydrogens is 222 g/mol. The van der Waals surface area contributed by atoms with Gasteiger partial charge in [-0.2, -0.15) is 0 Å². The van der Waals surface area contributed by atoms with E-state index in [2.05, 4.69) is 39.6 Å². The second-order valence-corrected chi connectivity index (χ2v) is 4.44. The highest BCUT2D eigenvalue weighted by Gasteiger charge is 2.07. The SMILES string of the molecule is CNC(CCc1ccncc1)Cc1ccncc1. The van der Waals surface area contributed by atoms with Gasteiger partial charge in [0.25, 0.3) is 0 Å². The fourth-order valence-corrected chi connectivity index (χ4v) is 2.04. The summed E-state index contributed by atoms with van der Waals surface area (Å²) in [5.74, 6) is 0. The predicted octanol–water partition coefficient (Wildman–Crippen LogP) is 2.24. The molecule has 0 amide bonds. The van der Waals surface area contributed by atoms with Gasteiger partial charge in [-0.05, 0) is 61.7 Å². The normalized spacial score (nSPS) is 12.3. The molecule has 3 heteroatoms. The lowest BCUT2D eigenvalue weighted by molar-refractivity contribution is 0.520. The van der Waals surface area contributed by atoms with Crippen molar-refractivity contribution in [2.75, 3.05) is 7.05 Å². The third-order valence-corrected chi connectivity index (χ3v) is 3.17. The largest absolute Gasteiger partial charge is 0.317 e. The van der Waals surface area contributed by atoms with Crippen LogP contribution in [0.25, 0.3) is 0 Å². The molecule has 0 spiro atoms. The van der Waals surface area contributed by atoms with E-state index in [4.69, 9.17) is 0 Å². The molecule has 2 heterocycles. The summed E-state index contributed by atoms with van der Waals surface area (Å²) in [5.41, 5.74) is 2.68. The van der Waals surface area contributed by atoms with E-state index < -0.39 is 0 Å². The Balaban J connectivity index is 1.86. The molecule has 0 aliphatic heterocycles. The molecule has 94 valence electrons. The van der Waals surface area contributed by atoms with Crippen molar-refractivity contribution in [2.24, 2.45) is 0 Å². The third kappa shape index (κ3) is 3.93. The van der Waals surface area contributed by atoms with Gasteiger partial charge in [0.1, 0.15) is 0 Å². The molecule has 0 saturated carbocycles. The summed E-state index contributed by atoms with van der Waals surface area (Å²) in [6.45, 7) is 0. The van der Waals surface area contributed by atoms with Crippen LogP contribution in [-0.4, -0.2) is 23.1 Å². The Kier molecular flexibility index (Phi) is 4.85. The Labute approximate surface area is 108 Å². The van der Waals surface area contributed by atoms with Gasteiger partial charge in [0, 0.05) is 30.8 Å². The number of hydrogen-bond donors (Lipinski definition) is 1. The number of aryl methyl sites for hydroxylation is 1. The van der Waals surface area contributed by atoms with E-state index >= 15 is 0 Å². The molecule has 1 unspecified atom stereocenters. The van der Waals surface area contributed by atoms with Gasteiger partial charge >= 0.3 is 0 Å². The Morgan fingerprint density at radius 3 is 2.06 bits per heavy atom. The molecule has 0 saturated heterocycles. The van der Waals surface area contributed by atoms with Crippen molar-refractivity contribution in [1.82, 2.24) is 15.3 Å². The lowest BCUT2D eigenvalue weighted by Crippen LogP contribution is -2.28. The van der Waals surface area contributed by atoms with E-state index in [0.29, 0.717) is 6.04 Å². The molecule has 2 rings (SSSR count). The first kappa shape index (κ1) is 12.7. The van der Waals surface area contributed by atoms with Crippen molar-refractivity contribution >= 4 is 0 Å². The zero-order valence-corrected chi connectivity index (χ0v) is 10.7. The maximum absolute atomic E-state index is 4.04. The van der Waals surface area contributed by atoms with Crippen molar-refractivity contribution in [1.29, 1.82) is 0 Å². The zero-order chi connectivity index (χ0) is 12.6. The second kappa shape index (κ2) is 6.87. The average molecular weight is 241 g/mol. The Hall–Kier alpha value is -1.74. The van der Waals surface area contributed by atoms with Gasteiger partial charge in [0.15, 0.2) is 0 Å². The topological polar surface area (TPSA) is 37.8 Å². The Morgan fingerprint density at radius 1 is 0.944 bits per heavy atom. The molecule has 0 fully saturated rings. The Bertz CT molecular complexity index is 442. The number of nitrogens with one attached hydrogen (secondary N) is 1. The van der Waals surface area contributed by atoms with Crippen LogP contribution >= 0.6 is 0 Å². The van der Waals surface area contributed by atoms with Gasteiger partial charge in [-0.3, -0.25) is 9.97 Å². The van der Waals surface area contributed by atoms with E-state index in [-0.39, 0.29) is 0 Å². The van der Waals surface area contributed by atoms with Crippen LogP contribution in [0, 0.1) is 0 Å². The summed E-state index contributed by atoms with van der Waals surface area (Å²) >= 11 is 0. The third-order valence-electron chi connectivity index (χ3n) is 3.17. The van der Waals surface area contributed by atoms with Crippen molar-refractivity contribution in [2.45, 2.75) is 25.3 Å². The summed E-state index contributed by atoms with van der Waals surface area (Å²) in [5, 5.41) is 3.38. The van der Waals surface area contributed by atoms with Crippen molar-refractivity contribution < 1.29 is 0 Å². The smallest absolute Gasteiger partial charge is 0.0270 e. The van der Waals surface area contributed by atoms with Crippen LogP contribution in [-0.2, 0) is 12.8 Å². The van der Waals surface area contributed by atoms with Gasteiger partial charge in [-0.15, -0.1) is 0 Å². The lowest BCUT2D eigenvalue weighted by Gasteiger charge is -2.16. The van der Waals surface area contributed by atoms with E-state index in [1.165, 1.54) is 11.1 Å². The number of likely N-dealkylation sites (N-methyl/N-ethyl adjacent to an activating group) is 1. The average Bonchev–Trinajstić information content (AvgIpc) is 2.45.